The van der Waals surface area contributed by atoms with Gasteiger partial charge in [0.2, 0.25) is 9.84 Å². The van der Waals surface area contributed by atoms with Gasteiger partial charge in [-0.2, -0.15) is 17.6 Å². The number of alkyl halides is 4. The lowest BCUT2D eigenvalue weighted by Crippen LogP contribution is -2.48. The average Bonchev–Trinajstić information content (AvgIpc) is 2.43. The van der Waals surface area contributed by atoms with Crippen LogP contribution in [0, 0.1) is 0 Å². The number of halogens is 4. The molecule has 0 aliphatic heterocycles. The summed E-state index contributed by atoms with van der Waals surface area (Å²) in [6.45, 7) is -0.358. The molecule has 6 nitrogen and oxygen atoms in total. The normalized spacial score (nSPS) is 13.2. The first-order chi connectivity index (χ1) is 9.91. The molecule has 0 rings (SSSR count). The molecule has 0 unspecified atom stereocenters. The van der Waals surface area contributed by atoms with Crippen LogP contribution in [0.1, 0.15) is 13.3 Å². The van der Waals surface area contributed by atoms with E-state index in [2.05, 4.69) is 9.47 Å². The molecule has 128 valence electrons. The smallest absolute Gasteiger partial charge is 0.407 e. The third kappa shape index (κ3) is 4.97. The Morgan fingerprint density at radius 1 is 1.09 bits per heavy atom. The predicted molar refractivity (Wildman–Crippen MR) is 66.1 cm³/mol. The lowest BCUT2D eigenvalue weighted by atomic mass is 10.2. The Morgan fingerprint density at radius 2 is 1.59 bits per heavy atom. The highest BCUT2D eigenvalue weighted by atomic mass is 32.2. The van der Waals surface area contributed by atoms with Gasteiger partial charge in [0.1, 0.15) is 0 Å². The number of methoxy groups -OCH3 is 1. The maximum atomic E-state index is 13.3. The summed E-state index contributed by atoms with van der Waals surface area (Å²) < 4.78 is 83.3. The molecule has 22 heavy (non-hydrogen) atoms. The van der Waals surface area contributed by atoms with Gasteiger partial charge in [-0.05, 0) is 0 Å². The van der Waals surface area contributed by atoms with Crippen molar-refractivity contribution in [2.75, 3.05) is 19.5 Å². The molecule has 0 N–H and O–H groups in total. The Morgan fingerprint density at radius 3 is 2.05 bits per heavy atom. The van der Waals surface area contributed by atoms with E-state index in [1.54, 1.807) is 0 Å². The van der Waals surface area contributed by atoms with Gasteiger partial charge in [-0.15, -0.1) is 0 Å². The maximum Gasteiger partial charge on any atom is 0.407 e. The van der Waals surface area contributed by atoms with E-state index in [-0.39, 0.29) is 0 Å². The molecule has 11 heteroatoms. The minimum atomic E-state index is -5.33. The molecule has 0 aromatic heterocycles. The Hall–Kier alpha value is -1.65. The third-order valence-corrected chi connectivity index (χ3v) is 4.25. The number of carbonyl (C=O) groups is 2. The highest BCUT2D eigenvalue weighted by Crippen LogP contribution is 2.41. The van der Waals surface area contributed by atoms with Crippen molar-refractivity contribution in [3.05, 3.63) is 12.2 Å². The zero-order chi connectivity index (χ0) is 17.6. The topological polar surface area (TPSA) is 86.7 Å². The summed E-state index contributed by atoms with van der Waals surface area (Å²) in [6, 6.07) is 0. The van der Waals surface area contributed by atoms with Gasteiger partial charge >= 0.3 is 23.1 Å². The van der Waals surface area contributed by atoms with Crippen LogP contribution in [-0.4, -0.2) is 51.0 Å². The summed E-state index contributed by atoms with van der Waals surface area (Å²) >= 11 is 0. The van der Waals surface area contributed by atoms with E-state index in [9.17, 15) is 35.6 Å². The van der Waals surface area contributed by atoms with Crippen molar-refractivity contribution >= 4 is 21.8 Å². The maximum absolute atomic E-state index is 13.3. The number of ether oxygens (including phenoxy) is 2. The second-order valence-electron chi connectivity index (χ2n) is 3.90. The molecule has 0 amide bonds. The van der Waals surface area contributed by atoms with Crippen LogP contribution in [0.25, 0.3) is 0 Å². The fourth-order valence-corrected chi connectivity index (χ4v) is 2.01. The van der Waals surface area contributed by atoms with Gasteiger partial charge in [0.15, 0.2) is 0 Å². The lowest BCUT2D eigenvalue weighted by Gasteiger charge is -2.25. The van der Waals surface area contributed by atoms with E-state index in [1.807, 2.05) is 0 Å². The summed E-state index contributed by atoms with van der Waals surface area (Å²) in [4.78, 5) is 21.6. The van der Waals surface area contributed by atoms with Crippen molar-refractivity contribution in [3.63, 3.8) is 0 Å². The number of sulfone groups is 1. The van der Waals surface area contributed by atoms with Crippen LogP contribution >= 0.6 is 0 Å². The number of carbonyl (C=O) groups excluding carboxylic acids is 2. The Labute approximate surface area is 124 Å². The summed E-state index contributed by atoms with van der Waals surface area (Å²) in [5.74, 6) is -8.24. The molecule has 0 spiro atoms. The van der Waals surface area contributed by atoms with Crippen LogP contribution in [0.5, 0.6) is 0 Å². The van der Waals surface area contributed by atoms with Crippen LogP contribution in [0.2, 0.25) is 0 Å². The first-order valence-corrected chi connectivity index (χ1v) is 7.47. The van der Waals surface area contributed by atoms with Crippen LogP contribution in [0.4, 0.5) is 17.6 Å². The largest absolute Gasteiger partial charge is 0.466 e. The highest BCUT2D eigenvalue weighted by molar-refractivity contribution is 7.92. The molecule has 0 aliphatic carbocycles. The fraction of sp³-hybridized carbons (Fsp3) is 0.636. The summed E-state index contributed by atoms with van der Waals surface area (Å²) in [5.41, 5.74) is 0. The number of rotatable bonds is 8. The first kappa shape index (κ1) is 20.3. The first-order valence-electron chi connectivity index (χ1n) is 5.82. The molecule has 0 heterocycles. The van der Waals surface area contributed by atoms with Gasteiger partial charge in [0, 0.05) is 12.2 Å². The zero-order valence-electron chi connectivity index (χ0n) is 11.6. The number of hydrogen-bond donors (Lipinski definition) is 0. The minimum absolute atomic E-state index is 0.547. The second-order valence-corrected chi connectivity index (χ2v) is 6.22. The van der Waals surface area contributed by atoms with Gasteiger partial charge in [-0.25, -0.2) is 18.0 Å². The SMILES string of the molecule is CCS(=O)(=O)C(F)(F)C(F)(F)CCOC(=O)/C=C\C(=O)OC. The Balaban J connectivity index is 4.67. The van der Waals surface area contributed by atoms with Crippen molar-refractivity contribution in [3.8, 4) is 0 Å². The molecule has 0 aliphatic rings. The number of hydrogen-bond acceptors (Lipinski definition) is 6. The average molecular weight is 350 g/mol. The molecule has 0 radical (unpaired) electrons. The second kappa shape index (κ2) is 7.56. The number of esters is 2. The predicted octanol–water partition coefficient (Wildman–Crippen LogP) is 1.31. The minimum Gasteiger partial charge on any atom is -0.466 e. The van der Waals surface area contributed by atoms with E-state index in [0.29, 0.717) is 12.2 Å². The molecule has 0 saturated heterocycles. The summed E-state index contributed by atoms with van der Waals surface area (Å²) in [7, 11) is -4.31. The van der Waals surface area contributed by atoms with E-state index in [4.69, 9.17) is 0 Å². The van der Waals surface area contributed by atoms with Gasteiger partial charge in [0.25, 0.3) is 0 Å². The molecule has 0 bridgehead atoms. The molecule has 0 aromatic carbocycles. The fourth-order valence-electron chi connectivity index (χ4n) is 1.09. The van der Waals surface area contributed by atoms with Gasteiger partial charge in [0.05, 0.1) is 25.9 Å². The Bertz CT molecular complexity index is 541. The van der Waals surface area contributed by atoms with Crippen LogP contribution in [-0.2, 0) is 28.9 Å². The summed E-state index contributed by atoms with van der Waals surface area (Å²) in [6.07, 6.45) is -0.515. The van der Waals surface area contributed by atoms with E-state index in [0.717, 1.165) is 14.0 Å². The van der Waals surface area contributed by atoms with Crippen molar-refractivity contribution in [2.24, 2.45) is 0 Å². The van der Waals surface area contributed by atoms with Crippen molar-refractivity contribution in [1.29, 1.82) is 0 Å². The molecule has 0 aromatic rings. The molecular weight excluding hydrogens is 336 g/mol. The van der Waals surface area contributed by atoms with E-state index in [1.165, 1.54) is 0 Å². The van der Waals surface area contributed by atoms with Crippen molar-refractivity contribution in [2.45, 2.75) is 24.5 Å². The molecule has 0 atom stereocenters. The zero-order valence-corrected chi connectivity index (χ0v) is 12.5. The van der Waals surface area contributed by atoms with Gasteiger partial charge in [-0.1, -0.05) is 6.92 Å². The van der Waals surface area contributed by atoms with Crippen molar-refractivity contribution in [1.82, 2.24) is 0 Å². The third-order valence-electron chi connectivity index (χ3n) is 2.41. The Kier molecular flexibility index (Phi) is 7.00. The molecular formula is C11H14F4O6S. The summed E-state index contributed by atoms with van der Waals surface area (Å²) in [5, 5.41) is -5.27. The van der Waals surface area contributed by atoms with Crippen LogP contribution in [0.15, 0.2) is 12.2 Å². The monoisotopic (exact) mass is 350 g/mol. The quantitative estimate of drug-likeness (QED) is 0.373. The van der Waals surface area contributed by atoms with Crippen LogP contribution < -0.4 is 0 Å². The highest BCUT2D eigenvalue weighted by Gasteiger charge is 2.64. The standard InChI is InChI=1S/C11H14F4O6S/c1-3-22(18,19)11(14,15)10(12,13)6-7-21-9(17)5-4-8(16)20-2/h4-5H,3,6-7H2,1-2H3/b5-4-. The van der Waals surface area contributed by atoms with Gasteiger partial charge in [-0.3, -0.25) is 0 Å². The van der Waals surface area contributed by atoms with Crippen molar-refractivity contribution < 1.29 is 45.0 Å². The van der Waals surface area contributed by atoms with E-state index < -0.39 is 51.7 Å². The van der Waals surface area contributed by atoms with Crippen LogP contribution in [0.3, 0.4) is 0 Å². The molecule has 0 fully saturated rings. The van der Waals surface area contributed by atoms with E-state index >= 15 is 0 Å². The molecule has 0 saturated carbocycles. The van der Waals surface area contributed by atoms with Gasteiger partial charge < -0.3 is 9.47 Å². The lowest BCUT2D eigenvalue weighted by molar-refractivity contribution is -0.170.